The first-order valence-corrected chi connectivity index (χ1v) is 10.7. The van der Waals surface area contributed by atoms with Crippen molar-refractivity contribution >= 4 is 52.5 Å². The standard InChI is InChI=1S/C25H17Cl2NO5/c1-13-6-7-14(2)17(10-13)21(29)12-33-25(32)15-8-9-16-18(11-15)24(31)28(23(16)30)20-5-3-4-19(26)22(20)27/h3-11H,12H2,1-2H3. The van der Waals surface area contributed by atoms with Crippen LogP contribution in [0.25, 0.3) is 0 Å². The Morgan fingerprint density at radius 2 is 1.64 bits per heavy atom. The SMILES string of the molecule is Cc1ccc(C)c(C(=O)COC(=O)c2ccc3c(c2)C(=O)N(c2cccc(Cl)c2Cl)C3=O)c1. The molecule has 0 bridgehead atoms. The van der Waals surface area contributed by atoms with Crippen LogP contribution in [0.5, 0.6) is 0 Å². The number of benzene rings is 3. The highest BCUT2D eigenvalue weighted by atomic mass is 35.5. The van der Waals surface area contributed by atoms with Crippen LogP contribution in [0, 0.1) is 13.8 Å². The predicted octanol–water partition coefficient (Wildman–Crippen LogP) is 5.45. The molecular formula is C25H17Cl2NO5. The van der Waals surface area contributed by atoms with Crippen molar-refractivity contribution in [3.8, 4) is 0 Å². The first kappa shape index (κ1) is 22.7. The fraction of sp³-hybridized carbons (Fsp3) is 0.120. The van der Waals surface area contributed by atoms with Crippen LogP contribution < -0.4 is 4.90 Å². The minimum Gasteiger partial charge on any atom is -0.454 e. The lowest BCUT2D eigenvalue weighted by molar-refractivity contribution is 0.0474. The molecule has 2 amide bonds. The summed E-state index contributed by atoms with van der Waals surface area (Å²) >= 11 is 12.2. The quantitative estimate of drug-likeness (QED) is 0.275. The van der Waals surface area contributed by atoms with Crippen molar-refractivity contribution in [3.63, 3.8) is 0 Å². The lowest BCUT2D eigenvalue weighted by Gasteiger charge is -2.15. The largest absolute Gasteiger partial charge is 0.454 e. The topological polar surface area (TPSA) is 80.8 Å². The third-order valence-corrected chi connectivity index (χ3v) is 6.13. The van der Waals surface area contributed by atoms with Gasteiger partial charge in [0.1, 0.15) is 0 Å². The van der Waals surface area contributed by atoms with Crippen molar-refractivity contribution in [2.45, 2.75) is 13.8 Å². The summed E-state index contributed by atoms with van der Waals surface area (Å²) in [5.41, 5.74) is 2.53. The zero-order valence-corrected chi connectivity index (χ0v) is 19.2. The van der Waals surface area contributed by atoms with Gasteiger partial charge in [0.15, 0.2) is 6.61 Å². The molecule has 4 rings (SSSR count). The van der Waals surface area contributed by atoms with E-state index in [4.69, 9.17) is 27.9 Å². The van der Waals surface area contributed by atoms with Gasteiger partial charge in [-0.25, -0.2) is 9.69 Å². The number of Topliss-reactive ketones (excluding diaryl/α,β-unsaturated/α-hetero) is 1. The monoisotopic (exact) mass is 481 g/mol. The molecule has 0 atom stereocenters. The summed E-state index contributed by atoms with van der Waals surface area (Å²) in [5.74, 6) is -2.33. The summed E-state index contributed by atoms with van der Waals surface area (Å²) in [6.07, 6.45) is 0. The number of halogens is 2. The number of anilines is 1. The molecule has 0 unspecified atom stereocenters. The van der Waals surface area contributed by atoms with E-state index in [0.717, 1.165) is 16.0 Å². The van der Waals surface area contributed by atoms with E-state index >= 15 is 0 Å². The Labute approximate surface area is 199 Å². The number of ether oxygens (including phenoxy) is 1. The lowest BCUT2D eigenvalue weighted by atomic mass is 10.0. The second-order valence-corrected chi connectivity index (χ2v) is 8.38. The minimum absolute atomic E-state index is 0.0337. The summed E-state index contributed by atoms with van der Waals surface area (Å²) in [7, 11) is 0. The first-order chi connectivity index (χ1) is 15.7. The molecule has 8 heteroatoms. The molecule has 3 aromatic carbocycles. The summed E-state index contributed by atoms with van der Waals surface area (Å²) in [5, 5.41) is 0.266. The van der Waals surface area contributed by atoms with Gasteiger partial charge in [0.2, 0.25) is 5.78 Å². The van der Waals surface area contributed by atoms with E-state index in [9.17, 15) is 19.2 Å². The Hall–Kier alpha value is -3.48. The highest BCUT2D eigenvalue weighted by molar-refractivity contribution is 6.46. The zero-order valence-electron chi connectivity index (χ0n) is 17.6. The number of carbonyl (C=O) groups excluding carboxylic acids is 4. The van der Waals surface area contributed by atoms with Gasteiger partial charge in [-0.3, -0.25) is 14.4 Å². The molecule has 0 fully saturated rings. The van der Waals surface area contributed by atoms with Crippen molar-refractivity contribution in [2.75, 3.05) is 11.5 Å². The lowest BCUT2D eigenvalue weighted by Crippen LogP contribution is -2.29. The number of nitrogens with zero attached hydrogens (tertiary/aromatic N) is 1. The average Bonchev–Trinajstić information content (AvgIpc) is 3.05. The normalized spacial score (nSPS) is 12.7. The van der Waals surface area contributed by atoms with Gasteiger partial charge in [0.25, 0.3) is 11.8 Å². The average molecular weight is 482 g/mol. The second kappa shape index (κ2) is 8.81. The Balaban J connectivity index is 1.54. The maximum Gasteiger partial charge on any atom is 0.338 e. The van der Waals surface area contributed by atoms with Crippen LogP contribution in [0.4, 0.5) is 5.69 Å². The highest BCUT2D eigenvalue weighted by Gasteiger charge is 2.38. The van der Waals surface area contributed by atoms with Crippen molar-refractivity contribution in [1.82, 2.24) is 0 Å². The van der Waals surface area contributed by atoms with Gasteiger partial charge in [-0.05, 0) is 55.8 Å². The molecule has 166 valence electrons. The zero-order chi connectivity index (χ0) is 23.9. The molecule has 0 spiro atoms. The van der Waals surface area contributed by atoms with Crippen LogP contribution in [0.15, 0.2) is 54.6 Å². The number of hydrogen-bond donors (Lipinski definition) is 0. The number of amides is 2. The van der Waals surface area contributed by atoms with Gasteiger partial charge >= 0.3 is 5.97 Å². The summed E-state index contributed by atoms with van der Waals surface area (Å²) in [6.45, 7) is 3.22. The number of esters is 1. The van der Waals surface area contributed by atoms with E-state index in [1.165, 1.54) is 24.3 Å². The first-order valence-electron chi connectivity index (χ1n) is 9.93. The van der Waals surface area contributed by atoms with Crippen LogP contribution in [0.2, 0.25) is 10.0 Å². The molecule has 33 heavy (non-hydrogen) atoms. The number of ketones is 1. The van der Waals surface area contributed by atoms with Crippen LogP contribution in [0.3, 0.4) is 0 Å². The number of hydrogen-bond acceptors (Lipinski definition) is 5. The van der Waals surface area contributed by atoms with E-state index in [-0.39, 0.29) is 38.2 Å². The van der Waals surface area contributed by atoms with Crippen molar-refractivity contribution < 1.29 is 23.9 Å². The third-order valence-electron chi connectivity index (χ3n) is 5.32. The summed E-state index contributed by atoms with van der Waals surface area (Å²) in [4.78, 5) is 51.7. The number of rotatable bonds is 5. The Bertz CT molecular complexity index is 1350. The molecule has 1 heterocycles. The fourth-order valence-corrected chi connectivity index (χ4v) is 3.96. The molecule has 6 nitrogen and oxygen atoms in total. The second-order valence-electron chi connectivity index (χ2n) is 7.60. The van der Waals surface area contributed by atoms with Crippen LogP contribution in [-0.4, -0.2) is 30.2 Å². The number of imide groups is 1. The Morgan fingerprint density at radius 3 is 2.39 bits per heavy atom. The van der Waals surface area contributed by atoms with Gasteiger partial charge in [-0.1, -0.05) is 47.0 Å². The Kier molecular flexibility index (Phi) is 6.06. The number of fused-ring (bicyclic) bond motifs is 1. The van der Waals surface area contributed by atoms with Gasteiger partial charge in [-0.15, -0.1) is 0 Å². The van der Waals surface area contributed by atoms with Crippen LogP contribution >= 0.6 is 23.2 Å². The molecule has 3 aromatic rings. The molecular weight excluding hydrogens is 465 g/mol. The molecule has 0 saturated heterocycles. The summed E-state index contributed by atoms with van der Waals surface area (Å²) in [6, 6.07) is 14.1. The summed E-state index contributed by atoms with van der Waals surface area (Å²) < 4.78 is 5.17. The van der Waals surface area contributed by atoms with E-state index in [1.54, 1.807) is 25.1 Å². The maximum absolute atomic E-state index is 13.0. The van der Waals surface area contributed by atoms with E-state index in [1.807, 2.05) is 19.1 Å². The molecule has 1 aliphatic rings. The minimum atomic E-state index is -0.782. The van der Waals surface area contributed by atoms with Crippen LogP contribution in [-0.2, 0) is 4.74 Å². The number of aryl methyl sites for hydroxylation is 2. The molecule has 0 N–H and O–H groups in total. The van der Waals surface area contributed by atoms with Gasteiger partial charge in [0, 0.05) is 5.56 Å². The van der Waals surface area contributed by atoms with Crippen molar-refractivity contribution in [2.24, 2.45) is 0 Å². The van der Waals surface area contributed by atoms with Gasteiger partial charge in [0.05, 0.1) is 32.4 Å². The van der Waals surface area contributed by atoms with Gasteiger partial charge in [-0.2, -0.15) is 0 Å². The Morgan fingerprint density at radius 1 is 0.909 bits per heavy atom. The van der Waals surface area contributed by atoms with Crippen molar-refractivity contribution in [1.29, 1.82) is 0 Å². The molecule has 1 aliphatic heterocycles. The predicted molar refractivity (Wildman–Crippen MR) is 125 cm³/mol. The molecule has 0 saturated carbocycles. The number of carbonyl (C=O) groups is 4. The smallest absolute Gasteiger partial charge is 0.338 e. The maximum atomic E-state index is 13.0. The van der Waals surface area contributed by atoms with Gasteiger partial charge < -0.3 is 4.74 Å². The molecule has 0 aliphatic carbocycles. The molecule has 0 aromatic heterocycles. The molecule has 0 radical (unpaired) electrons. The fourth-order valence-electron chi connectivity index (χ4n) is 3.58. The van der Waals surface area contributed by atoms with Crippen molar-refractivity contribution in [3.05, 3.63) is 98.0 Å². The van der Waals surface area contributed by atoms with E-state index in [2.05, 4.69) is 0 Å². The van der Waals surface area contributed by atoms with Crippen LogP contribution in [0.1, 0.15) is 52.6 Å². The van der Waals surface area contributed by atoms with E-state index < -0.39 is 24.4 Å². The third kappa shape index (κ3) is 4.15. The highest BCUT2D eigenvalue weighted by Crippen LogP contribution is 2.37. The van der Waals surface area contributed by atoms with E-state index in [0.29, 0.717) is 5.56 Å².